The van der Waals surface area contributed by atoms with Gasteiger partial charge in [0.05, 0.1) is 6.61 Å². The van der Waals surface area contributed by atoms with Gasteiger partial charge in [-0.15, -0.1) is 12.3 Å². The number of ether oxygens (including phenoxy) is 1. The number of phenolic OH excluding ortho intramolecular Hbond substituents is 1. The second kappa shape index (κ2) is 5.10. The number of phenols is 1. The minimum atomic E-state index is 0.217. The van der Waals surface area contributed by atoms with Crippen molar-refractivity contribution in [2.24, 2.45) is 0 Å². The Bertz CT molecular complexity index is 299. The molecule has 0 heterocycles. The van der Waals surface area contributed by atoms with Crippen molar-refractivity contribution >= 4 is 0 Å². The lowest BCUT2D eigenvalue weighted by atomic mass is 10.3. The normalized spacial score (nSPS) is 9.15. The van der Waals surface area contributed by atoms with E-state index in [9.17, 15) is 0 Å². The van der Waals surface area contributed by atoms with Crippen molar-refractivity contribution in [3.63, 3.8) is 0 Å². The highest BCUT2D eigenvalue weighted by Crippen LogP contribution is 2.17. The lowest BCUT2D eigenvalue weighted by Gasteiger charge is -2.04. The monoisotopic (exact) mass is 176 g/mol. The van der Waals surface area contributed by atoms with Crippen molar-refractivity contribution in [3.8, 4) is 23.8 Å². The van der Waals surface area contributed by atoms with Crippen LogP contribution in [-0.4, -0.2) is 11.7 Å². The summed E-state index contributed by atoms with van der Waals surface area (Å²) in [5.74, 6) is 3.43. The molecule has 0 unspecified atom stereocenters. The largest absolute Gasteiger partial charge is 0.508 e. The van der Waals surface area contributed by atoms with Gasteiger partial charge in [-0.2, -0.15) is 0 Å². The highest BCUT2D eigenvalue weighted by atomic mass is 16.5. The van der Waals surface area contributed by atoms with E-state index in [1.807, 2.05) is 0 Å². The van der Waals surface area contributed by atoms with Crippen LogP contribution >= 0.6 is 0 Å². The number of rotatable bonds is 4. The lowest BCUT2D eigenvalue weighted by Crippen LogP contribution is -1.95. The molecule has 1 N–H and O–H groups in total. The predicted molar refractivity (Wildman–Crippen MR) is 51.7 cm³/mol. The van der Waals surface area contributed by atoms with Crippen LogP contribution in [0.1, 0.15) is 12.8 Å². The van der Waals surface area contributed by atoms with E-state index >= 15 is 0 Å². The van der Waals surface area contributed by atoms with Gasteiger partial charge in [0.1, 0.15) is 11.5 Å². The average molecular weight is 176 g/mol. The Morgan fingerprint density at radius 1 is 1.46 bits per heavy atom. The van der Waals surface area contributed by atoms with Gasteiger partial charge < -0.3 is 9.84 Å². The zero-order chi connectivity index (χ0) is 9.52. The van der Waals surface area contributed by atoms with E-state index in [4.69, 9.17) is 16.3 Å². The first-order valence-electron chi connectivity index (χ1n) is 4.18. The molecule has 2 heteroatoms. The molecule has 2 nitrogen and oxygen atoms in total. The summed E-state index contributed by atoms with van der Waals surface area (Å²) in [6.07, 6.45) is 6.65. The number of hydrogen-bond donors (Lipinski definition) is 1. The van der Waals surface area contributed by atoms with Crippen LogP contribution in [0.3, 0.4) is 0 Å². The van der Waals surface area contributed by atoms with Gasteiger partial charge in [-0.05, 0) is 18.6 Å². The quantitative estimate of drug-likeness (QED) is 0.563. The summed E-state index contributed by atoms with van der Waals surface area (Å²) in [4.78, 5) is 0. The summed E-state index contributed by atoms with van der Waals surface area (Å²) in [5, 5.41) is 9.10. The van der Waals surface area contributed by atoms with E-state index in [1.54, 1.807) is 24.3 Å². The molecule has 0 aromatic heterocycles. The third-order valence-corrected chi connectivity index (χ3v) is 1.55. The molecule has 0 aliphatic rings. The molecule has 0 aliphatic carbocycles. The molecule has 13 heavy (non-hydrogen) atoms. The van der Waals surface area contributed by atoms with Crippen LogP contribution in [0, 0.1) is 12.3 Å². The standard InChI is InChI=1S/C11H12O2/c1-2-3-4-8-13-11-7-5-6-10(12)9-11/h1,5-7,9,12H,3-4,8H2. The SMILES string of the molecule is C#CCCCOc1cccc(O)c1. The van der Waals surface area contributed by atoms with Crippen LogP contribution in [-0.2, 0) is 0 Å². The van der Waals surface area contributed by atoms with Crippen LogP contribution in [0.25, 0.3) is 0 Å². The molecule has 1 rings (SSSR count). The van der Waals surface area contributed by atoms with Gasteiger partial charge in [-0.1, -0.05) is 6.07 Å². The maximum absolute atomic E-state index is 9.10. The molecular weight excluding hydrogens is 164 g/mol. The van der Waals surface area contributed by atoms with Crippen molar-refractivity contribution in [2.45, 2.75) is 12.8 Å². The maximum atomic E-state index is 9.10. The highest BCUT2D eigenvalue weighted by Gasteiger charge is 1.93. The smallest absolute Gasteiger partial charge is 0.122 e. The van der Waals surface area contributed by atoms with Gasteiger partial charge in [-0.3, -0.25) is 0 Å². The fraction of sp³-hybridized carbons (Fsp3) is 0.273. The van der Waals surface area contributed by atoms with Gasteiger partial charge >= 0.3 is 0 Å². The molecule has 0 fully saturated rings. The lowest BCUT2D eigenvalue weighted by molar-refractivity contribution is 0.311. The van der Waals surface area contributed by atoms with Gasteiger partial charge in [-0.25, -0.2) is 0 Å². The molecule has 0 spiro atoms. The number of terminal acetylenes is 1. The average Bonchev–Trinajstić information content (AvgIpc) is 2.13. The minimum Gasteiger partial charge on any atom is -0.508 e. The molecule has 1 aromatic carbocycles. The molecule has 0 radical (unpaired) electrons. The first kappa shape index (κ1) is 9.47. The van der Waals surface area contributed by atoms with Crippen LogP contribution in [0.4, 0.5) is 0 Å². The van der Waals surface area contributed by atoms with E-state index in [-0.39, 0.29) is 5.75 Å². The zero-order valence-corrected chi connectivity index (χ0v) is 7.36. The third kappa shape index (κ3) is 3.53. The molecule has 68 valence electrons. The van der Waals surface area contributed by atoms with E-state index in [2.05, 4.69) is 5.92 Å². The third-order valence-electron chi connectivity index (χ3n) is 1.55. The fourth-order valence-corrected chi connectivity index (χ4v) is 0.938. The number of hydrogen-bond acceptors (Lipinski definition) is 2. The molecule has 0 atom stereocenters. The minimum absolute atomic E-state index is 0.217. The Morgan fingerprint density at radius 2 is 2.31 bits per heavy atom. The molecule has 0 saturated heterocycles. The Hall–Kier alpha value is -1.62. The van der Waals surface area contributed by atoms with Crippen molar-refractivity contribution < 1.29 is 9.84 Å². The van der Waals surface area contributed by atoms with Crippen molar-refractivity contribution in [1.82, 2.24) is 0 Å². The van der Waals surface area contributed by atoms with Crippen molar-refractivity contribution in [1.29, 1.82) is 0 Å². The highest BCUT2D eigenvalue weighted by molar-refractivity contribution is 5.31. The van der Waals surface area contributed by atoms with Gasteiger partial charge in [0.15, 0.2) is 0 Å². The topological polar surface area (TPSA) is 29.5 Å². The maximum Gasteiger partial charge on any atom is 0.122 e. The molecule has 0 saturated carbocycles. The summed E-state index contributed by atoms with van der Waals surface area (Å²) in [5.41, 5.74) is 0. The van der Waals surface area contributed by atoms with Gasteiger partial charge in [0, 0.05) is 12.5 Å². The second-order valence-corrected chi connectivity index (χ2v) is 2.65. The van der Waals surface area contributed by atoms with E-state index in [0.29, 0.717) is 12.4 Å². The van der Waals surface area contributed by atoms with Gasteiger partial charge in [0.2, 0.25) is 0 Å². The molecular formula is C11H12O2. The Labute approximate surface area is 78.2 Å². The fourth-order valence-electron chi connectivity index (χ4n) is 0.938. The van der Waals surface area contributed by atoms with Crippen LogP contribution in [0.5, 0.6) is 11.5 Å². The van der Waals surface area contributed by atoms with Gasteiger partial charge in [0.25, 0.3) is 0 Å². The molecule has 1 aromatic rings. The Morgan fingerprint density at radius 3 is 3.00 bits per heavy atom. The first-order chi connectivity index (χ1) is 6.33. The van der Waals surface area contributed by atoms with Crippen LogP contribution in [0.2, 0.25) is 0 Å². The van der Waals surface area contributed by atoms with E-state index in [0.717, 1.165) is 12.8 Å². The second-order valence-electron chi connectivity index (χ2n) is 2.65. The predicted octanol–water partition coefficient (Wildman–Crippen LogP) is 2.18. The summed E-state index contributed by atoms with van der Waals surface area (Å²) >= 11 is 0. The number of unbranched alkanes of at least 4 members (excludes halogenated alkanes) is 1. The summed E-state index contributed by atoms with van der Waals surface area (Å²) in [7, 11) is 0. The Balaban J connectivity index is 2.33. The van der Waals surface area contributed by atoms with Crippen LogP contribution < -0.4 is 4.74 Å². The van der Waals surface area contributed by atoms with Crippen LogP contribution in [0.15, 0.2) is 24.3 Å². The Kier molecular flexibility index (Phi) is 3.72. The molecule has 0 bridgehead atoms. The number of benzene rings is 1. The van der Waals surface area contributed by atoms with E-state index < -0.39 is 0 Å². The summed E-state index contributed by atoms with van der Waals surface area (Å²) < 4.78 is 5.33. The number of aromatic hydroxyl groups is 1. The molecule has 0 amide bonds. The zero-order valence-electron chi connectivity index (χ0n) is 7.36. The summed E-state index contributed by atoms with van der Waals surface area (Å²) in [6, 6.07) is 6.73. The molecule has 0 aliphatic heterocycles. The van der Waals surface area contributed by atoms with Crippen molar-refractivity contribution in [2.75, 3.05) is 6.61 Å². The first-order valence-corrected chi connectivity index (χ1v) is 4.18. The van der Waals surface area contributed by atoms with Crippen molar-refractivity contribution in [3.05, 3.63) is 24.3 Å². The van der Waals surface area contributed by atoms with E-state index in [1.165, 1.54) is 0 Å². The summed E-state index contributed by atoms with van der Waals surface area (Å²) in [6.45, 7) is 0.591.